The summed E-state index contributed by atoms with van der Waals surface area (Å²) >= 11 is 0. The fourth-order valence-electron chi connectivity index (χ4n) is 7.30. The van der Waals surface area contributed by atoms with Crippen LogP contribution in [0.4, 0.5) is 43.7 Å². The molecule has 49 heavy (non-hydrogen) atoms. The first kappa shape index (κ1) is 29.4. The van der Waals surface area contributed by atoms with Crippen molar-refractivity contribution < 1.29 is 30.8 Å². The Morgan fingerprint density at radius 1 is 0.510 bits per heavy atom. The molecule has 0 amide bonds. The van der Waals surface area contributed by atoms with Crippen molar-refractivity contribution in [2.75, 3.05) is 4.90 Å². The molecule has 1 aliphatic heterocycles. The maximum absolute atomic E-state index is 13.9. The zero-order valence-electron chi connectivity index (χ0n) is 25.7. The van der Waals surface area contributed by atoms with Crippen LogP contribution in [0.25, 0.3) is 54.3 Å². The zero-order chi connectivity index (χ0) is 34.0. The van der Waals surface area contributed by atoms with Crippen LogP contribution in [-0.4, -0.2) is 15.0 Å². The molecule has 5 nitrogen and oxygen atoms in total. The monoisotopic (exact) mass is 664 g/mol. The van der Waals surface area contributed by atoms with Crippen molar-refractivity contribution in [3.05, 3.63) is 120 Å². The summed E-state index contributed by atoms with van der Waals surface area (Å²) in [5, 5.41) is 7.92. The lowest BCUT2D eigenvalue weighted by Crippen LogP contribution is -2.32. The van der Waals surface area contributed by atoms with Crippen LogP contribution in [-0.2, 0) is 17.8 Å². The van der Waals surface area contributed by atoms with E-state index in [1.807, 2.05) is 50.2 Å². The van der Waals surface area contributed by atoms with Gasteiger partial charge >= 0.3 is 12.4 Å². The molecule has 0 radical (unpaired) electrons. The topological polar surface area (TPSA) is 55.1 Å². The molecule has 9 rings (SSSR count). The van der Waals surface area contributed by atoms with Crippen LogP contribution in [0.3, 0.4) is 0 Å². The van der Waals surface area contributed by atoms with Gasteiger partial charge in [0.05, 0.1) is 11.4 Å². The summed E-state index contributed by atoms with van der Waals surface area (Å²) in [4.78, 5) is 11.1. The fraction of sp³-hybridized carbons (Fsp3) is 0.132. The predicted molar refractivity (Wildman–Crippen MR) is 176 cm³/mol. The van der Waals surface area contributed by atoms with Crippen molar-refractivity contribution in [1.29, 1.82) is 0 Å². The van der Waals surface area contributed by atoms with E-state index in [0.717, 1.165) is 43.1 Å². The molecule has 8 aromatic rings. The lowest BCUT2D eigenvalue weighted by Gasteiger charge is -2.41. The second-order valence-electron chi connectivity index (χ2n) is 12.7. The molecule has 1 aliphatic rings. The molecule has 0 unspecified atom stereocenters. The van der Waals surface area contributed by atoms with E-state index in [1.165, 1.54) is 4.90 Å². The first-order valence-corrected chi connectivity index (χ1v) is 15.3. The molecule has 6 aromatic carbocycles. The summed E-state index contributed by atoms with van der Waals surface area (Å²) in [6, 6.07) is 30.8. The van der Waals surface area contributed by atoms with Crippen LogP contribution in [0.2, 0.25) is 0 Å². The van der Waals surface area contributed by atoms with E-state index in [0.29, 0.717) is 33.7 Å². The number of benzene rings is 6. The van der Waals surface area contributed by atoms with Gasteiger partial charge in [-0.15, -0.1) is 0 Å². The molecular weight excluding hydrogens is 642 g/mol. The summed E-state index contributed by atoms with van der Waals surface area (Å²) in [5.74, 6) is -4.69. The number of rotatable bonds is 1. The predicted octanol–water partition coefficient (Wildman–Crippen LogP) is 11.4. The number of alkyl halides is 6. The van der Waals surface area contributed by atoms with E-state index in [1.54, 1.807) is 30.3 Å². The van der Waals surface area contributed by atoms with Gasteiger partial charge in [-0.1, -0.05) is 80.6 Å². The van der Waals surface area contributed by atoms with E-state index >= 15 is 0 Å². The van der Waals surface area contributed by atoms with Gasteiger partial charge in [0, 0.05) is 22.3 Å². The van der Waals surface area contributed by atoms with Gasteiger partial charge < -0.3 is 4.42 Å². The maximum atomic E-state index is 13.9. The number of nitrogens with zero attached hydrogens (tertiary/aromatic N) is 4. The highest BCUT2D eigenvalue weighted by atomic mass is 19.4. The average molecular weight is 665 g/mol. The van der Waals surface area contributed by atoms with Gasteiger partial charge in [-0.05, 0) is 67.7 Å². The SMILES string of the molecule is CC1(C)c2ccccc2N(c2nc(C(F)(F)F)nc(C(F)(F)F)n2)c2cc3oc4cc5c6ccccc6c6ccccc6c5cc4c3cc21. The van der Waals surface area contributed by atoms with E-state index in [4.69, 9.17) is 4.42 Å². The molecule has 2 aromatic heterocycles. The fourth-order valence-corrected chi connectivity index (χ4v) is 7.30. The minimum atomic E-state index is -5.26. The lowest BCUT2D eigenvalue weighted by molar-refractivity contribution is -0.155. The van der Waals surface area contributed by atoms with Crippen molar-refractivity contribution in [1.82, 2.24) is 15.0 Å². The molecule has 11 heteroatoms. The largest absolute Gasteiger partial charge is 0.456 e. The van der Waals surface area contributed by atoms with Crippen molar-refractivity contribution in [2.24, 2.45) is 0 Å². The average Bonchev–Trinajstić information content (AvgIpc) is 3.43. The summed E-state index contributed by atoms with van der Waals surface area (Å²) < 4.78 is 89.9. The smallest absolute Gasteiger partial charge is 0.451 e. The summed E-state index contributed by atoms with van der Waals surface area (Å²) in [6.45, 7) is 3.92. The third-order valence-corrected chi connectivity index (χ3v) is 9.52. The molecule has 0 fully saturated rings. The van der Waals surface area contributed by atoms with Crippen molar-refractivity contribution >= 4 is 71.6 Å². The van der Waals surface area contributed by atoms with Crippen molar-refractivity contribution in [3.63, 3.8) is 0 Å². The molecule has 3 heterocycles. The highest BCUT2D eigenvalue weighted by Gasteiger charge is 2.44. The first-order chi connectivity index (χ1) is 23.3. The van der Waals surface area contributed by atoms with Crippen LogP contribution in [0.15, 0.2) is 101 Å². The van der Waals surface area contributed by atoms with E-state index in [9.17, 15) is 26.3 Å². The Bertz CT molecular complexity index is 2660. The molecule has 0 saturated heterocycles. The zero-order valence-corrected chi connectivity index (χ0v) is 25.7. The second-order valence-corrected chi connectivity index (χ2v) is 12.7. The highest BCUT2D eigenvalue weighted by molar-refractivity contribution is 6.28. The quantitative estimate of drug-likeness (QED) is 0.129. The van der Waals surface area contributed by atoms with E-state index < -0.39 is 35.4 Å². The summed E-state index contributed by atoms with van der Waals surface area (Å²) in [7, 11) is 0. The van der Waals surface area contributed by atoms with Gasteiger partial charge in [0.25, 0.3) is 0 Å². The van der Waals surface area contributed by atoms with Crippen LogP contribution in [0.1, 0.15) is 36.6 Å². The van der Waals surface area contributed by atoms with Gasteiger partial charge in [0.2, 0.25) is 17.6 Å². The Morgan fingerprint density at radius 2 is 1.00 bits per heavy atom. The van der Waals surface area contributed by atoms with Gasteiger partial charge in [-0.3, -0.25) is 4.90 Å². The Balaban J connectivity index is 1.37. The second kappa shape index (κ2) is 9.68. The lowest BCUT2D eigenvalue weighted by atomic mass is 9.73. The first-order valence-electron chi connectivity index (χ1n) is 15.3. The van der Waals surface area contributed by atoms with Gasteiger partial charge in [0.1, 0.15) is 11.2 Å². The molecule has 0 saturated carbocycles. The standard InChI is InChI=1S/C38H22F6N4O/c1-36(2)27-13-7-8-14-29(27)48(35-46-33(37(39,40)41)45-34(47-35)38(42,43)44)30-18-32-26(16-28(30)36)25-15-23-21-11-5-3-9-19(21)20-10-4-6-12-22(20)24(23)17-31(25)49-32/h3-18H,1-2H3. The minimum Gasteiger partial charge on any atom is -0.456 e. The van der Waals surface area contributed by atoms with Crippen LogP contribution in [0, 0.1) is 0 Å². The summed E-state index contributed by atoms with van der Waals surface area (Å²) in [5.41, 5.74) is 2.21. The molecule has 0 spiro atoms. The Labute approximate surface area is 273 Å². The number of hydrogen-bond donors (Lipinski definition) is 0. The van der Waals surface area contributed by atoms with Gasteiger partial charge in [0.15, 0.2) is 0 Å². The number of halogens is 6. The molecule has 242 valence electrons. The van der Waals surface area contributed by atoms with E-state index in [-0.39, 0.29) is 0 Å². The molecule has 0 aliphatic carbocycles. The minimum absolute atomic E-state index is 0.295. The number of aromatic nitrogens is 3. The Morgan fingerprint density at radius 3 is 1.59 bits per heavy atom. The van der Waals surface area contributed by atoms with Crippen LogP contribution < -0.4 is 4.90 Å². The summed E-state index contributed by atoms with van der Waals surface area (Å²) in [6.07, 6.45) is -10.5. The van der Waals surface area contributed by atoms with Crippen LogP contribution >= 0.6 is 0 Å². The van der Waals surface area contributed by atoms with Gasteiger partial charge in [-0.2, -0.15) is 36.3 Å². The van der Waals surface area contributed by atoms with Crippen molar-refractivity contribution in [2.45, 2.75) is 31.6 Å². The molecular formula is C38H22F6N4O. The molecule has 0 atom stereocenters. The number of fused-ring (bicyclic) bond motifs is 11. The number of para-hydroxylation sites is 1. The molecule has 0 bridgehead atoms. The Hall–Kier alpha value is -5.71. The van der Waals surface area contributed by atoms with Gasteiger partial charge in [-0.25, -0.2) is 4.98 Å². The number of hydrogen-bond acceptors (Lipinski definition) is 5. The molecule has 0 N–H and O–H groups in total. The highest BCUT2D eigenvalue weighted by Crippen LogP contribution is 2.53. The maximum Gasteiger partial charge on any atom is 0.451 e. The van der Waals surface area contributed by atoms with Crippen molar-refractivity contribution in [3.8, 4) is 0 Å². The normalized spacial score (nSPS) is 14.7. The number of furan rings is 1. The third kappa shape index (κ3) is 4.24. The van der Waals surface area contributed by atoms with E-state index in [2.05, 4.69) is 45.3 Å². The Kier molecular flexibility index (Phi) is 5.82. The third-order valence-electron chi connectivity index (χ3n) is 9.52. The van der Waals surface area contributed by atoms with Crippen LogP contribution in [0.5, 0.6) is 0 Å². The number of anilines is 3.